The molecule has 2 N–H and O–H groups in total. The molecule has 1 fully saturated rings. The van der Waals surface area contributed by atoms with Crippen LogP contribution in [0.1, 0.15) is 24.5 Å². The van der Waals surface area contributed by atoms with E-state index in [-0.39, 0.29) is 12.0 Å². The van der Waals surface area contributed by atoms with Crippen molar-refractivity contribution in [3.05, 3.63) is 29.3 Å². The predicted octanol–water partition coefficient (Wildman–Crippen LogP) is 1.42. The minimum Gasteiger partial charge on any atom is -0.378 e. The molecule has 1 saturated heterocycles. The van der Waals surface area contributed by atoms with Crippen LogP contribution in [0.4, 0.5) is 0 Å². The van der Waals surface area contributed by atoms with Crippen LogP contribution < -0.4 is 10.0 Å². The van der Waals surface area contributed by atoms with E-state index < -0.39 is 10.0 Å². The first-order valence-electron chi connectivity index (χ1n) is 7.29. The number of sulfonamides is 1. The smallest absolute Gasteiger partial charge is 0.240 e. The monoisotopic (exact) mass is 312 g/mol. The second-order valence-corrected chi connectivity index (χ2v) is 7.36. The Balaban J connectivity index is 2.10. The van der Waals surface area contributed by atoms with E-state index in [4.69, 9.17) is 4.74 Å². The van der Waals surface area contributed by atoms with Gasteiger partial charge in [0.1, 0.15) is 0 Å². The van der Waals surface area contributed by atoms with Gasteiger partial charge in [-0.05, 0) is 50.6 Å². The summed E-state index contributed by atoms with van der Waals surface area (Å²) in [6, 6.07) is 5.25. The molecule has 5 nitrogen and oxygen atoms in total. The zero-order chi connectivity index (χ0) is 15.5. The number of ether oxygens (including phenoxy) is 1. The van der Waals surface area contributed by atoms with Crippen LogP contribution in [0.15, 0.2) is 23.1 Å². The molecule has 0 saturated carbocycles. The van der Waals surface area contributed by atoms with Gasteiger partial charge in [0, 0.05) is 25.6 Å². The SMILES string of the molecule is CNCc1cc(S(=O)(=O)NCC2CCOC2C)ccc1C. The summed E-state index contributed by atoms with van der Waals surface area (Å²) in [7, 11) is -1.61. The van der Waals surface area contributed by atoms with E-state index in [2.05, 4.69) is 10.0 Å². The average molecular weight is 312 g/mol. The number of aryl methyl sites for hydroxylation is 1. The summed E-state index contributed by atoms with van der Waals surface area (Å²) in [5, 5.41) is 3.05. The maximum Gasteiger partial charge on any atom is 0.240 e. The lowest BCUT2D eigenvalue weighted by molar-refractivity contribution is 0.107. The molecule has 2 atom stereocenters. The van der Waals surface area contributed by atoms with Gasteiger partial charge in [-0.1, -0.05) is 6.07 Å². The van der Waals surface area contributed by atoms with Crippen LogP contribution in [0, 0.1) is 12.8 Å². The Morgan fingerprint density at radius 3 is 2.76 bits per heavy atom. The van der Waals surface area contributed by atoms with Crippen molar-refractivity contribution in [3.63, 3.8) is 0 Å². The van der Waals surface area contributed by atoms with Gasteiger partial charge in [-0.3, -0.25) is 0 Å². The summed E-state index contributed by atoms with van der Waals surface area (Å²) >= 11 is 0. The molecule has 0 bridgehead atoms. The third-order valence-electron chi connectivity index (χ3n) is 4.07. The molecular formula is C15H24N2O3S. The Bertz CT molecular complexity index is 587. The molecule has 0 aromatic heterocycles. The van der Waals surface area contributed by atoms with Crippen LogP contribution in [0.25, 0.3) is 0 Å². The van der Waals surface area contributed by atoms with Gasteiger partial charge in [0.2, 0.25) is 10.0 Å². The van der Waals surface area contributed by atoms with E-state index in [9.17, 15) is 8.42 Å². The van der Waals surface area contributed by atoms with Crippen LogP contribution in [0.2, 0.25) is 0 Å². The van der Waals surface area contributed by atoms with Gasteiger partial charge in [-0.25, -0.2) is 13.1 Å². The molecule has 2 rings (SSSR count). The number of hydrogen-bond acceptors (Lipinski definition) is 4. The average Bonchev–Trinajstić information content (AvgIpc) is 2.85. The minimum atomic E-state index is -3.46. The van der Waals surface area contributed by atoms with Crippen LogP contribution >= 0.6 is 0 Å². The summed E-state index contributed by atoms with van der Waals surface area (Å²) in [5.41, 5.74) is 2.08. The summed E-state index contributed by atoms with van der Waals surface area (Å²) in [6.07, 6.45) is 1.02. The fourth-order valence-electron chi connectivity index (χ4n) is 2.54. The van der Waals surface area contributed by atoms with Crippen molar-refractivity contribution in [2.45, 2.75) is 37.8 Å². The first-order valence-corrected chi connectivity index (χ1v) is 8.77. The van der Waals surface area contributed by atoms with Crippen LogP contribution in [0.3, 0.4) is 0 Å². The minimum absolute atomic E-state index is 0.116. The highest BCUT2D eigenvalue weighted by molar-refractivity contribution is 7.89. The summed E-state index contributed by atoms with van der Waals surface area (Å²) in [5.74, 6) is 0.252. The van der Waals surface area contributed by atoms with Crippen molar-refractivity contribution in [2.75, 3.05) is 20.2 Å². The molecular weight excluding hydrogens is 288 g/mol. The van der Waals surface area contributed by atoms with E-state index in [0.717, 1.165) is 17.5 Å². The van der Waals surface area contributed by atoms with E-state index in [1.54, 1.807) is 12.1 Å². The van der Waals surface area contributed by atoms with Crippen molar-refractivity contribution >= 4 is 10.0 Å². The third-order valence-corrected chi connectivity index (χ3v) is 5.49. The highest BCUT2D eigenvalue weighted by Gasteiger charge is 2.26. The third kappa shape index (κ3) is 4.03. The predicted molar refractivity (Wildman–Crippen MR) is 82.7 cm³/mol. The fraction of sp³-hybridized carbons (Fsp3) is 0.600. The lowest BCUT2D eigenvalue weighted by Gasteiger charge is -2.15. The maximum atomic E-state index is 12.4. The number of rotatable bonds is 6. The molecule has 21 heavy (non-hydrogen) atoms. The quantitative estimate of drug-likeness (QED) is 0.833. The summed E-state index contributed by atoms with van der Waals surface area (Å²) in [6.45, 7) is 5.77. The summed E-state index contributed by atoms with van der Waals surface area (Å²) in [4.78, 5) is 0.324. The second-order valence-electron chi connectivity index (χ2n) is 5.60. The van der Waals surface area contributed by atoms with Crippen molar-refractivity contribution in [2.24, 2.45) is 5.92 Å². The van der Waals surface area contributed by atoms with Crippen molar-refractivity contribution < 1.29 is 13.2 Å². The fourth-order valence-corrected chi connectivity index (χ4v) is 3.68. The molecule has 118 valence electrons. The van der Waals surface area contributed by atoms with Crippen LogP contribution in [0.5, 0.6) is 0 Å². The normalized spacial score (nSPS) is 22.6. The Hall–Kier alpha value is -0.950. The van der Waals surface area contributed by atoms with Crippen molar-refractivity contribution in [3.8, 4) is 0 Å². The molecule has 0 spiro atoms. The van der Waals surface area contributed by atoms with Crippen LogP contribution in [-0.4, -0.2) is 34.7 Å². The van der Waals surface area contributed by atoms with E-state index in [0.29, 0.717) is 24.6 Å². The molecule has 1 heterocycles. The zero-order valence-corrected chi connectivity index (χ0v) is 13.7. The molecule has 1 aliphatic heterocycles. The maximum absolute atomic E-state index is 12.4. The molecule has 0 aliphatic carbocycles. The molecule has 6 heteroatoms. The summed E-state index contributed by atoms with van der Waals surface area (Å²) < 4.78 is 33.0. The largest absolute Gasteiger partial charge is 0.378 e. The number of benzene rings is 1. The molecule has 1 aromatic carbocycles. The van der Waals surface area contributed by atoms with Gasteiger partial charge in [-0.15, -0.1) is 0 Å². The Morgan fingerprint density at radius 1 is 1.38 bits per heavy atom. The van der Waals surface area contributed by atoms with E-state index >= 15 is 0 Å². The van der Waals surface area contributed by atoms with Crippen molar-refractivity contribution in [1.29, 1.82) is 0 Å². The number of hydrogen-bond donors (Lipinski definition) is 2. The molecule has 1 aromatic rings. The topological polar surface area (TPSA) is 67.4 Å². The zero-order valence-electron chi connectivity index (χ0n) is 12.8. The van der Waals surface area contributed by atoms with Gasteiger partial charge >= 0.3 is 0 Å². The van der Waals surface area contributed by atoms with Gasteiger partial charge in [0.25, 0.3) is 0 Å². The lowest BCUT2D eigenvalue weighted by atomic mass is 10.0. The van der Waals surface area contributed by atoms with Gasteiger partial charge < -0.3 is 10.1 Å². The van der Waals surface area contributed by atoms with Gasteiger partial charge in [0.05, 0.1) is 11.0 Å². The molecule has 0 radical (unpaired) electrons. The van der Waals surface area contributed by atoms with Gasteiger partial charge in [-0.2, -0.15) is 0 Å². The highest BCUT2D eigenvalue weighted by atomic mass is 32.2. The van der Waals surface area contributed by atoms with E-state index in [1.807, 2.05) is 27.0 Å². The molecule has 1 aliphatic rings. The Kier molecular flexibility index (Phi) is 5.37. The van der Waals surface area contributed by atoms with Crippen molar-refractivity contribution in [1.82, 2.24) is 10.0 Å². The standard InChI is InChI=1S/C15H24N2O3S/c1-11-4-5-15(8-14(11)9-16-3)21(18,19)17-10-13-6-7-20-12(13)2/h4-5,8,12-13,16-17H,6-7,9-10H2,1-3H3. The first-order chi connectivity index (χ1) is 9.94. The number of nitrogens with one attached hydrogen (secondary N) is 2. The Labute approximate surface area is 127 Å². The van der Waals surface area contributed by atoms with Crippen LogP contribution in [-0.2, 0) is 21.3 Å². The highest BCUT2D eigenvalue weighted by Crippen LogP contribution is 2.21. The molecule has 2 unspecified atom stereocenters. The second kappa shape index (κ2) is 6.87. The van der Waals surface area contributed by atoms with E-state index in [1.165, 1.54) is 0 Å². The lowest BCUT2D eigenvalue weighted by Crippen LogP contribution is -2.32. The first kappa shape index (κ1) is 16.4. The molecule has 0 amide bonds. The van der Waals surface area contributed by atoms with Gasteiger partial charge in [0.15, 0.2) is 0 Å². The Morgan fingerprint density at radius 2 is 2.14 bits per heavy atom.